The molecule has 0 aliphatic heterocycles. The molecule has 12 heteroatoms. The largest absolute Gasteiger partial charge is 0.387 e. The van der Waals surface area contributed by atoms with Gasteiger partial charge in [-0.2, -0.15) is 16.8 Å². The van der Waals surface area contributed by atoms with Crippen molar-refractivity contribution in [2.45, 2.75) is 19.9 Å². The first-order valence-corrected chi connectivity index (χ1v) is 8.56. The van der Waals surface area contributed by atoms with Gasteiger partial charge in [0.05, 0.1) is 13.7 Å². The second-order valence-electron chi connectivity index (χ2n) is 3.89. The van der Waals surface area contributed by atoms with Crippen LogP contribution in [0.25, 0.3) is 0 Å². The summed E-state index contributed by atoms with van der Waals surface area (Å²) in [7, 11) is -8.97. The van der Waals surface area contributed by atoms with E-state index in [1.807, 2.05) is 17.8 Å². The van der Waals surface area contributed by atoms with Gasteiger partial charge in [-0.15, -0.1) is 0 Å². The molecule has 0 atom stereocenters. The fraction of sp³-hybridized carbons (Fsp3) is 0.667. The van der Waals surface area contributed by atoms with E-state index in [-0.39, 0.29) is 4.13 Å². The molecule has 1 aromatic heterocycles. The van der Waals surface area contributed by atoms with Crippen LogP contribution in [0.15, 0.2) is 18.7 Å². The molecule has 21 heavy (non-hydrogen) atoms. The number of ether oxygens (including phenoxy) is 1. The summed E-state index contributed by atoms with van der Waals surface area (Å²) in [6.45, 7) is 4.74. The van der Waals surface area contributed by atoms with Gasteiger partial charge in [0.1, 0.15) is 18.9 Å². The number of hydrogen-bond acceptors (Lipinski definition) is 5. The molecule has 124 valence electrons. The van der Waals surface area contributed by atoms with Crippen LogP contribution in [-0.2, 0) is 39.1 Å². The van der Waals surface area contributed by atoms with Crippen LogP contribution < -0.4 is 8.69 Å². The summed E-state index contributed by atoms with van der Waals surface area (Å²) in [5, 5.41) is 0. The number of imidazole rings is 1. The van der Waals surface area contributed by atoms with Crippen molar-refractivity contribution in [3.63, 3.8) is 0 Å². The summed E-state index contributed by atoms with van der Waals surface area (Å²) in [6.07, 6.45) is 7.23. The van der Waals surface area contributed by atoms with E-state index in [1.54, 1.807) is 0 Å². The number of aryl methyl sites for hydroxylation is 1. The normalized spacial score (nSPS) is 11.8. The van der Waals surface area contributed by atoms with Crippen molar-refractivity contribution < 1.29 is 33.9 Å². The number of nitrogens with one attached hydrogen (secondary N) is 1. The molecular formula is C9H18F2N3O5S2+. The van der Waals surface area contributed by atoms with E-state index in [1.165, 1.54) is 0 Å². The smallest absolute Gasteiger partial charge is 0.377 e. The Balaban J connectivity index is 0.000000400. The van der Waals surface area contributed by atoms with Crippen molar-refractivity contribution in [3.8, 4) is 0 Å². The summed E-state index contributed by atoms with van der Waals surface area (Å²) < 4.78 is 68.8. The predicted molar refractivity (Wildman–Crippen MR) is 69.9 cm³/mol. The first-order chi connectivity index (χ1) is 9.53. The molecule has 0 fully saturated rings. The first kappa shape index (κ1) is 19.9. The molecule has 0 aliphatic carbocycles. The molecule has 0 saturated heterocycles. The van der Waals surface area contributed by atoms with Gasteiger partial charge in [0.2, 0.25) is 6.33 Å². The van der Waals surface area contributed by atoms with Gasteiger partial charge in [-0.05, 0) is 6.42 Å². The van der Waals surface area contributed by atoms with Crippen molar-refractivity contribution in [1.29, 1.82) is 0 Å². The second-order valence-corrected chi connectivity index (χ2v) is 6.31. The van der Waals surface area contributed by atoms with E-state index in [4.69, 9.17) is 4.74 Å². The van der Waals surface area contributed by atoms with Crippen LogP contribution in [0, 0.1) is 0 Å². The highest BCUT2D eigenvalue weighted by atomic mass is 32.3. The van der Waals surface area contributed by atoms with E-state index in [9.17, 15) is 24.6 Å². The van der Waals surface area contributed by atoms with Crippen LogP contribution >= 0.6 is 0 Å². The maximum atomic E-state index is 11.1. The lowest BCUT2D eigenvalue weighted by Gasteiger charge is -1.98. The van der Waals surface area contributed by atoms with Crippen LogP contribution in [0.1, 0.15) is 13.3 Å². The molecule has 0 spiro atoms. The second kappa shape index (κ2) is 9.02. The van der Waals surface area contributed by atoms with Crippen molar-refractivity contribution in [2.75, 3.05) is 13.2 Å². The minimum Gasteiger partial charge on any atom is -0.377 e. The van der Waals surface area contributed by atoms with Crippen LogP contribution in [0.3, 0.4) is 0 Å². The van der Waals surface area contributed by atoms with Gasteiger partial charge >= 0.3 is 20.8 Å². The van der Waals surface area contributed by atoms with Gasteiger partial charge in [0.15, 0.2) is 0 Å². The first-order valence-electron chi connectivity index (χ1n) is 5.80. The Labute approximate surface area is 123 Å². The maximum Gasteiger partial charge on any atom is 0.387 e. The predicted octanol–water partition coefficient (Wildman–Crippen LogP) is -0.256. The Bertz CT molecular complexity index is 585. The lowest BCUT2D eigenvalue weighted by molar-refractivity contribution is -0.671. The highest BCUT2D eigenvalue weighted by molar-refractivity contribution is 7.99. The number of nitrogens with zero attached hydrogens (tertiary/aromatic N) is 2. The highest BCUT2D eigenvalue weighted by Gasteiger charge is 2.17. The fourth-order valence-corrected chi connectivity index (χ4v) is 2.12. The van der Waals surface area contributed by atoms with Crippen LogP contribution in [0.5, 0.6) is 0 Å². The van der Waals surface area contributed by atoms with Gasteiger partial charge in [0.25, 0.3) is 0 Å². The Kier molecular flexibility index (Phi) is 8.54. The molecule has 1 heterocycles. The molecule has 0 saturated carbocycles. The lowest BCUT2D eigenvalue weighted by Crippen LogP contribution is -2.24. The zero-order valence-corrected chi connectivity index (χ0v) is 13.2. The van der Waals surface area contributed by atoms with Gasteiger partial charge in [-0.3, -0.25) is 0 Å². The topological polar surface area (TPSA) is 98.3 Å². The van der Waals surface area contributed by atoms with Crippen molar-refractivity contribution in [1.82, 2.24) is 8.69 Å². The van der Waals surface area contributed by atoms with Gasteiger partial charge in [-0.1, -0.05) is 18.8 Å². The fourth-order valence-electron chi connectivity index (χ4n) is 1.17. The average molecular weight is 350 g/mol. The summed E-state index contributed by atoms with van der Waals surface area (Å²) in [6, 6.07) is 0. The highest BCUT2D eigenvalue weighted by Crippen LogP contribution is 1.90. The monoisotopic (exact) mass is 350 g/mol. The summed E-state index contributed by atoms with van der Waals surface area (Å²) in [5.41, 5.74) is 0. The number of aromatic nitrogens is 2. The molecule has 0 aromatic carbocycles. The van der Waals surface area contributed by atoms with Crippen molar-refractivity contribution >= 4 is 20.8 Å². The molecule has 0 unspecified atom stereocenters. The zero-order chi connectivity index (χ0) is 16.5. The molecule has 0 amide bonds. The SMILES string of the molecule is CCCOCCn1cc[n+](C)c1.O=S(=O)(F)NS(=O)(=O)F. The average Bonchev–Trinajstić information content (AvgIpc) is 2.66. The van der Waals surface area contributed by atoms with E-state index in [0.29, 0.717) is 0 Å². The Morgan fingerprint density at radius 2 is 1.76 bits per heavy atom. The van der Waals surface area contributed by atoms with E-state index >= 15 is 0 Å². The molecule has 0 radical (unpaired) electrons. The van der Waals surface area contributed by atoms with Crippen molar-refractivity contribution in [2.24, 2.45) is 7.05 Å². The quantitative estimate of drug-likeness (QED) is 0.415. The molecule has 1 rings (SSSR count). The number of hydrogen-bond donors (Lipinski definition) is 1. The molecule has 0 aliphatic rings. The number of rotatable bonds is 7. The van der Waals surface area contributed by atoms with Crippen molar-refractivity contribution in [3.05, 3.63) is 18.7 Å². The standard InChI is InChI=1S/C9H17N2O.F2HNO4S2/c1-3-7-12-8-6-11-5-4-10(2)9-11;1-8(4,5)3-9(2,6)7/h4-5,9H,3,6-8H2,1-2H3;3H/q+1;. The van der Waals surface area contributed by atoms with E-state index < -0.39 is 20.8 Å². The zero-order valence-electron chi connectivity index (χ0n) is 11.6. The third-order valence-electron chi connectivity index (χ3n) is 1.87. The van der Waals surface area contributed by atoms with Crippen LogP contribution in [0.2, 0.25) is 0 Å². The lowest BCUT2D eigenvalue weighted by atomic mass is 10.5. The van der Waals surface area contributed by atoms with Gasteiger partial charge < -0.3 is 4.74 Å². The van der Waals surface area contributed by atoms with Gasteiger partial charge in [0, 0.05) is 6.61 Å². The molecule has 1 aromatic rings. The summed E-state index contributed by atoms with van der Waals surface area (Å²) in [5.74, 6) is 0. The Morgan fingerprint density at radius 1 is 1.19 bits per heavy atom. The summed E-state index contributed by atoms with van der Waals surface area (Å²) in [4.78, 5) is 0. The van der Waals surface area contributed by atoms with Crippen LogP contribution in [0.4, 0.5) is 7.77 Å². The third-order valence-corrected chi connectivity index (χ3v) is 3.46. The maximum absolute atomic E-state index is 11.1. The summed E-state index contributed by atoms with van der Waals surface area (Å²) >= 11 is 0. The molecule has 0 bridgehead atoms. The van der Waals surface area contributed by atoms with E-state index in [2.05, 4.69) is 24.0 Å². The third kappa shape index (κ3) is 13.6. The Morgan fingerprint density at radius 3 is 2.10 bits per heavy atom. The van der Waals surface area contributed by atoms with Crippen LogP contribution in [-0.4, -0.2) is 34.6 Å². The molecule has 8 nitrogen and oxygen atoms in total. The minimum atomic E-state index is -5.49. The van der Waals surface area contributed by atoms with Gasteiger partial charge in [-0.25, -0.2) is 9.13 Å². The van der Waals surface area contributed by atoms with E-state index in [0.717, 1.165) is 26.2 Å². The number of halogens is 2. The molecule has 1 N–H and O–H groups in total. The minimum absolute atomic E-state index is 0.0694. The Hall–Kier alpha value is -1.11. The molecular weight excluding hydrogens is 332 g/mol.